The highest BCUT2D eigenvalue weighted by Gasteiger charge is 2.30. The molecule has 0 spiro atoms. The number of nitrogen functional groups attached to an aromatic ring is 1. The van der Waals surface area contributed by atoms with Crippen molar-refractivity contribution in [1.29, 1.82) is 0 Å². The van der Waals surface area contributed by atoms with Crippen LogP contribution in [0.1, 0.15) is 10.4 Å². The van der Waals surface area contributed by atoms with E-state index in [2.05, 4.69) is 14.7 Å². The van der Waals surface area contributed by atoms with Crippen molar-refractivity contribution in [2.45, 2.75) is 6.36 Å². The first kappa shape index (κ1) is 23.2. The Morgan fingerprint density at radius 1 is 1.09 bits per heavy atom. The molecule has 8 nitrogen and oxygen atoms in total. The zero-order valence-electron chi connectivity index (χ0n) is 17.6. The lowest BCUT2D eigenvalue weighted by Crippen LogP contribution is -2.41. The molecule has 0 aliphatic carbocycles. The zero-order valence-corrected chi connectivity index (χ0v) is 17.6. The lowest BCUT2D eigenvalue weighted by molar-refractivity contribution is -0.274. The Kier molecular flexibility index (Phi) is 6.50. The number of morpholine rings is 1. The number of imidazole rings is 1. The number of fused-ring (bicyclic) bond motifs is 3. The molecule has 1 aliphatic rings. The summed E-state index contributed by atoms with van der Waals surface area (Å²) in [4.78, 5) is 22.4. The minimum absolute atomic E-state index is 0.0148. The first-order valence-electron chi connectivity index (χ1n) is 10.1. The summed E-state index contributed by atoms with van der Waals surface area (Å²) in [5, 5.41) is 0. The van der Waals surface area contributed by atoms with Crippen LogP contribution in [0.5, 0.6) is 5.75 Å². The number of para-hydroxylation sites is 1. The van der Waals surface area contributed by atoms with Crippen molar-refractivity contribution in [1.82, 2.24) is 19.3 Å². The number of rotatable bonds is 2. The predicted molar refractivity (Wildman–Crippen MR) is 115 cm³/mol. The third-order valence-electron chi connectivity index (χ3n) is 4.97. The molecule has 0 radical (unpaired) electrons. The van der Waals surface area contributed by atoms with Gasteiger partial charge < -0.3 is 20.1 Å². The van der Waals surface area contributed by atoms with E-state index >= 15 is 0 Å². The summed E-state index contributed by atoms with van der Waals surface area (Å²) in [5.74, 6) is -0.889. The van der Waals surface area contributed by atoms with E-state index in [1.54, 1.807) is 27.9 Å². The fourth-order valence-electron chi connectivity index (χ4n) is 3.42. The van der Waals surface area contributed by atoms with Gasteiger partial charge in [0.15, 0.2) is 0 Å². The van der Waals surface area contributed by atoms with Crippen molar-refractivity contribution >= 4 is 28.3 Å². The second-order valence-corrected chi connectivity index (χ2v) is 7.23. The van der Waals surface area contributed by atoms with Crippen molar-refractivity contribution in [2.24, 2.45) is 0 Å². The molecule has 34 heavy (non-hydrogen) atoms. The maximum atomic E-state index is 14.4. The molecule has 12 heteroatoms. The normalized spacial score (nSPS) is 14.1. The van der Waals surface area contributed by atoms with Gasteiger partial charge in [-0.2, -0.15) is 0 Å². The van der Waals surface area contributed by atoms with Crippen LogP contribution in [0, 0.1) is 5.82 Å². The van der Waals surface area contributed by atoms with Crippen LogP contribution in [0.2, 0.25) is 0 Å². The summed E-state index contributed by atoms with van der Waals surface area (Å²) in [5.41, 5.74) is 7.45. The molecular formula is C22H19F4N5O3. The number of hydrogen-bond donors (Lipinski definition) is 1. The number of anilines is 1. The Hall–Kier alpha value is -3.93. The third kappa shape index (κ3) is 5.17. The first-order chi connectivity index (χ1) is 16.2. The molecule has 2 aromatic carbocycles. The lowest BCUT2D eigenvalue weighted by atomic mass is 10.1. The Bertz CT molecular complexity index is 1300. The summed E-state index contributed by atoms with van der Waals surface area (Å²) in [6.07, 6.45) is -1.45. The molecule has 5 rings (SSSR count). The van der Waals surface area contributed by atoms with Gasteiger partial charge in [-0.25, -0.2) is 14.4 Å². The van der Waals surface area contributed by atoms with E-state index in [0.29, 0.717) is 42.9 Å². The summed E-state index contributed by atoms with van der Waals surface area (Å²) < 4.78 is 59.5. The van der Waals surface area contributed by atoms with Gasteiger partial charge in [0, 0.05) is 19.2 Å². The maximum absolute atomic E-state index is 14.4. The summed E-state index contributed by atoms with van der Waals surface area (Å²) >= 11 is 0. The molecule has 0 atom stereocenters. The smallest absolute Gasteiger partial charge is 0.406 e. The number of aromatic nitrogens is 3. The second-order valence-electron chi connectivity index (χ2n) is 7.23. The number of hydrogen-bond acceptors (Lipinski definition) is 6. The first-order valence-corrected chi connectivity index (χ1v) is 10.1. The van der Waals surface area contributed by atoms with Gasteiger partial charge in [0.05, 0.1) is 42.3 Å². The minimum atomic E-state index is -4.60. The number of carbonyl (C=O) groups is 1. The number of benzene rings is 2. The van der Waals surface area contributed by atoms with Gasteiger partial charge in [0.1, 0.15) is 22.9 Å². The Balaban J connectivity index is 0.000000210. The van der Waals surface area contributed by atoms with Gasteiger partial charge in [-0.1, -0.05) is 18.2 Å². The average molecular weight is 477 g/mol. The van der Waals surface area contributed by atoms with Crippen molar-refractivity contribution in [2.75, 3.05) is 32.0 Å². The molecule has 2 aromatic heterocycles. The Morgan fingerprint density at radius 3 is 2.47 bits per heavy atom. The van der Waals surface area contributed by atoms with Crippen molar-refractivity contribution in [3.8, 4) is 5.75 Å². The van der Waals surface area contributed by atoms with E-state index in [1.807, 2.05) is 0 Å². The number of halogens is 4. The van der Waals surface area contributed by atoms with Crippen molar-refractivity contribution in [3.63, 3.8) is 0 Å². The van der Waals surface area contributed by atoms with Crippen LogP contribution in [0.3, 0.4) is 0 Å². The van der Waals surface area contributed by atoms with Gasteiger partial charge in [-0.15, -0.1) is 13.2 Å². The van der Waals surface area contributed by atoms with Gasteiger partial charge >= 0.3 is 6.36 Å². The van der Waals surface area contributed by atoms with E-state index in [1.165, 1.54) is 36.4 Å². The van der Waals surface area contributed by atoms with Crippen LogP contribution in [0.25, 0.3) is 16.6 Å². The van der Waals surface area contributed by atoms with Crippen LogP contribution >= 0.6 is 0 Å². The van der Waals surface area contributed by atoms with E-state index < -0.39 is 12.2 Å². The molecule has 0 saturated carbocycles. The molecule has 1 amide bonds. The highest BCUT2D eigenvalue weighted by atomic mass is 19.4. The largest absolute Gasteiger partial charge is 0.573 e. The molecule has 1 fully saturated rings. The minimum Gasteiger partial charge on any atom is -0.406 e. The van der Waals surface area contributed by atoms with Gasteiger partial charge in [0.25, 0.3) is 5.91 Å². The van der Waals surface area contributed by atoms with Crippen LogP contribution in [0.15, 0.2) is 55.0 Å². The number of amides is 1. The quantitative estimate of drug-likeness (QED) is 0.443. The summed E-state index contributed by atoms with van der Waals surface area (Å²) in [6, 6.07) is 9.79. The molecule has 0 unspecified atom stereocenters. The highest BCUT2D eigenvalue weighted by Crippen LogP contribution is 2.24. The monoisotopic (exact) mass is 477 g/mol. The maximum Gasteiger partial charge on any atom is 0.573 e. The molecule has 3 heterocycles. The standard InChI is InChI=1S/C15H14FN5O2.C7H5F3O/c16-10-6-11-12(21-8-18-7-13(21)14(17)19-11)5-9(10)15(22)20-1-3-23-4-2-20;8-7(9,10)11-6-4-2-1-3-5-6/h5-8H,1-4H2,(H2,17,19);1-5H. The van der Waals surface area contributed by atoms with Crippen molar-refractivity contribution < 1.29 is 31.8 Å². The average Bonchev–Trinajstić information content (AvgIpc) is 3.30. The SMILES string of the molecule is FC(F)(F)Oc1ccccc1.Nc1nc2cc(F)c(C(=O)N3CCOCC3)cc2n2cncc12. The predicted octanol–water partition coefficient (Wildman–Crippen LogP) is 3.66. The number of alkyl halides is 3. The van der Waals surface area contributed by atoms with Crippen LogP contribution in [-0.4, -0.2) is 57.8 Å². The van der Waals surface area contributed by atoms with E-state index in [9.17, 15) is 22.4 Å². The van der Waals surface area contributed by atoms with Gasteiger partial charge in [0.2, 0.25) is 0 Å². The van der Waals surface area contributed by atoms with Crippen LogP contribution in [0.4, 0.5) is 23.4 Å². The molecule has 0 bridgehead atoms. The van der Waals surface area contributed by atoms with E-state index in [0.717, 1.165) is 0 Å². The fourth-order valence-corrected chi connectivity index (χ4v) is 3.42. The lowest BCUT2D eigenvalue weighted by Gasteiger charge is -2.27. The molecule has 178 valence electrons. The van der Waals surface area contributed by atoms with Crippen molar-refractivity contribution in [3.05, 3.63) is 66.4 Å². The Morgan fingerprint density at radius 2 is 1.79 bits per heavy atom. The van der Waals surface area contributed by atoms with Crippen LogP contribution < -0.4 is 10.5 Å². The zero-order chi connectivity index (χ0) is 24.3. The van der Waals surface area contributed by atoms with Gasteiger partial charge in [-0.05, 0) is 18.2 Å². The fraction of sp³-hybridized carbons (Fsp3) is 0.227. The summed E-state index contributed by atoms with van der Waals surface area (Å²) in [7, 11) is 0. The molecule has 4 aromatic rings. The Labute approximate surface area is 190 Å². The number of carbonyl (C=O) groups excluding carboxylic acids is 1. The van der Waals surface area contributed by atoms with Gasteiger partial charge in [-0.3, -0.25) is 9.20 Å². The second kappa shape index (κ2) is 9.51. The highest BCUT2D eigenvalue weighted by molar-refractivity contribution is 5.98. The molecular weight excluding hydrogens is 458 g/mol. The topological polar surface area (TPSA) is 95.0 Å². The van der Waals surface area contributed by atoms with Crippen LogP contribution in [-0.2, 0) is 4.74 Å². The molecule has 1 saturated heterocycles. The van der Waals surface area contributed by atoms with E-state index in [-0.39, 0.29) is 23.0 Å². The third-order valence-corrected chi connectivity index (χ3v) is 4.97. The molecule has 1 aliphatic heterocycles. The number of ether oxygens (including phenoxy) is 2. The molecule has 2 N–H and O–H groups in total. The summed E-state index contributed by atoms with van der Waals surface area (Å²) in [6.45, 7) is 1.84. The number of nitrogens with zero attached hydrogens (tertiary/aromatic N) is 4. The van der Waals surface area contributed by atoms with E-state index in [4.69, 9.17) is 10.5 Å². The number of nitrogens with two attached hydrogens (primary N) is 1.